The number of rotatable bonds is 7. The Labute approximate surface area is 159 Å². The highest BCUT2D eigenvalue weighted by atomic mass is 19.1. The predicted octanol–water partition coefficient (Wildman–Crippen LogP) is 2.66. The summed E-state index contributed by atoms with van der Waals surface area (Å²) in [6.07, 6.45) is 1.50. The number of nitrogens with zero attached hydrogens (tertiary/aromatic N) is 3. The number of nitrogens with two attached hydrogens (primary N) is 1. The molecule has 0 saturated heterocycles. The molecule has 0 aliphatic rings. The minimum atomic E-state index is -0.560. The number of oxazole rings is 1. The lowest BCUT2D eigenvalue weighted by Gasteiger charge is -2.03. The zero-order valence-corrected chi connectivity index (χ0v) is 14.4. The lowest BCUT2D eigenvalue weighted by atomic mass is 10.2. The van der Waals surface area contributed by atoms with Crippen LogP contribution in [0.25, 0.3) is 11.5 Å². The number of hydrogen-bond donors (Lipinski definition) is 2. The van der Waals surface area contributed by atoms with Crippen molar-refractivity contribution in [3.05, 3.63) is 65.6 Å². The van der Waals surface area contributed by atoms with Crippen LogP contribution in [0.15, 0.2) is 58.0 Å². The Morgan fingerprint density at radius 2 is 2.00 bits per heavy atom. The molecule has 28 heavy (non-hydrogen) atoms. The van der Waals surface area contributed by atoms with E-state index in [2.05, 4.69) is 15.5 Å². The van der Waals surface area contributed by atoms with Crippen LogP contribution in [-0.4, -0.2) is 23.7 Å². The first-order valence-corrected chi connectivity index (χ1v) is 8.02. The van der Waals surface area contributed by atoms with Gasteiger partial charge in [0, 0.05) is 5.56 Å². The van der Waals surface area contributed by atoms with Crippen LogP contribution >= 0.6 is 0 Å². The molecule has 3 aromatic rings. The Bertz CT molecular complexity index is 1040. The number of carbonyl (C=O) groups is 1. The molecule has 0 atom stereocenters. The average Bonchev–Trinajstić information content (AvgIpc) is 3.11. The molecular formula is C19H14FN5O3. The molecule has 0 aliphatic carbocycles. The summed E-state index contributed by atoms with van der Waals surface area (Å²) in [4.78, 5) is 14.7. The Kier molecular flexibility index (Phi) is 5.62. The van der Waals surface area contributed by atoms with E-state index in [9.17, 15) is 14.4 Å². The summed E-state index contributed by atoms with van der Waals surface area (Å²) in [5.41, 5.74) is 8.91. The van der Waals surface area contributed by atoms with Crippen molar-refractivity contribution in [2.75, 3.05) is 12.0 Å². The van der Waals surface area contributed by atoms with Crippen LogP contribution in [0, 0.1) is 17.1 Å². The number of nitriles is 1. The van der Waals surface area contributed by atoms with Crippen LogP contribution in [0.5, 0.6) is 5.75 Å². The molecule has 3 rings (SSSR count). The third-order valence-electron chi connectivity index (χ3n) is 3.47. The fourth-order valence-electron chi connectivity index (χ4n) is 2.16. The Morgan fingerprint density at radius 1 is 1.29 bits per heavy atom. The third kappa shape index (κ3) is 4.70. The summed E-state index contributed by atoms with van der Waals surface area (Å²) in [7, 11) is 0. The summed E-state index contributed by atoms with van der Waals surface area (Å²) in [5, 5.41) is 13.2. The Balaban J connectivity index is 1.67. The fourth-order valence-corrected chi connectivity index (χ4v) is 2.16. The van der Waals surface area contributed by atoms with Gasteiger partial charge in [0.15, 0.2) is 6.61 Å². The number of ether oxygens (including phenoxy) is 1. The number of benzene rings is 2. The van der Waals surface area contributed by atoms with E-state index in [4.69, 9.17) is 14.9 Å². The number of anilines is 1. The molecule has 3 N–H and O–H groups in total. The molecular weight excluding hydrogens is 365 g/mol. The normalized spacial score (nSPS) is 10.6. The third-order valence-corrected chi connectivity index (χ3v) is 3.47. The van der Waals surface area contributed by atoms with Crippen molar-refractivity contribution in [1.82, 2.24) is 4.98 Å². The number of hydrazone groups is 1. The zero-order valence-electron chi connectivity index (χ0n) is 14.4. The summed E-state index contributed by atoms with van der Waals surface area (Å²) < 4.78 is 23.7. The minimum absolute atomic E-state index is 0.0201. The van der Waals surface area contributed by atoms with Crippen molar-refractivity contribution in [2.45, 2.75) is 0 Å². The highest BCUT2D eigenvalue weighted by Gasteiger charge is 2.14. The lowest BCUT2D eigenvalue weighted by Crippen LogP contribution is -2.19. The quantitative estimate of drug-likeness (QED) is 0.480. The Hall–Kier alpha value is -4.19. The SMILES string of the molecule is N#Cc1nc(-c2ccc(F)cc2)oc1N/N=C\c1ccc(OCC(N)=O)cc1. The molecule has 0 unspecified atom stereocenters. The summed E-state index contributed by atoms with van der Waals surface area (Å²) in [5.74, 6) is -0.209. The second-order valence-corrected chi connectivity index (χ2v) is 5.51. The number of amides is 1. The second-order valence-electron chi connectivity index (χ2n) is 5.51. The van der Waals surface area contributed by atoms with Gasteiger partial charge in [-0.15, -0.1) is 0 Å². The van der Waals surface area contributed by atoms with E-state index >= 15 is 0 Å². The van der Waals surface area contributed by atoms with Gasteiger partial charge in [0.05, 0.1) is 6.21 Å². The first-order chi connectivity index (χ1) is 13.5. The van der Waals surface area contributed by atoms with Gasteiger partial charge in [-0.2, -0.15) is 15.3 Å². The molecule has 0 aliphatic heterocycles. The van der Waals surface area contributed by atoms with Crippen LogP contribution in [0.1, 0.15) is 11.3 Å². The topological polar surface area (TPSA) is 127 Å². The predicted molar refractivity (Wildman–Crippen MR) is 99.0 cm³/mol. The van der Waals surface area contributed by atoms with E-state index < -0.39 is 5.91 Å². The van der Waals surface area contributed by atoms with E-state index in [1.165, 1.54) is 30.5 Å². The highest BCUT2D eigenvalue weighted by molar-refractivity contribution is 5.80. The molecule has 9 heteroatoms. The number of hydrogen-bond acceptors (Lipinski definition) is 7. The molecule has 0 radical (unpaired) electrons. The summed E-state index contributed by atoms with van der Waals surface area (Å²) in [6, 6.07) is 14.2. The summed E-state index contributed by atoms with van der Waals surface area (Å²) in [6.45, 7) is -0.201. The van der Waals surface area contributed by atoms with Crippen LogP contribution in [0.2, 0.25) is 0 Å². The van der Waals surface area contributed by atoms with Crippen molar-refractivity contribution in [3.8, 4) is 23.3 Å². The number of nitrogens with one attached hydrogen (secondary N) is 1. The summed E-state index contributed by atoms with van der Waals surface area (Å²) >= 11 is 0. The molecule has 1 aromatic heterocycles. The molecule has 0 saturated carbocycles. The van der Waals surface area contributed by atoms with Gasteiger partial charge in [0.2, 0.25) is 11.6 Å². The fraction of sp³-hybridized carbons (Fsp3) is 0.0526. The number of halogens is 1. The number of primary amides is 1. The van der Waals surface area contributed by atoms with E-state index in [1.54, 1.807) is 24.3 Å². The molecule has 0 fully saturated rings. The van der Waals surface area contributed by atoms with E-state index in [-0.39, 0.29) is 29.9 Å². The molecule has 2 aromatic carbocycles. The van der Waals surface area contributed by atoms with Gasteiger partial charge in [-0.25, -0.2) is 9.82 Å². The maximum Gasteiger partial charge on any atom is 0.255 e. The standard InChI is InChI=1S/C19H14FN5O3/c20-14-5-3-13(4-6-14)18-24-16(9-21)19(28-18)25-23-10-12-1-7-15(8-2-12)27-11-17(22)26/h1-8,10,25H,11H2,(H2,22,26)/b23-10-. The van der Waals surface area contributed by atoms with Crippen LogP contribution in [0.4, 0.5) is 10.3 Å². The molecule has 0 spiro atoms. The van der Waals surface area contributed by atoms with Crippen molar-refractivity contribution in [2.24, 2.45) is 10.8 Å². The monoisotopic (exact) mass is 379 g/mol. The van der Waals surface area contributed by atoms with Gasteiger partial charge in [0.1, 0.15) is 17.6 Å². The first-order valence-electron chi connectivity index (χ1n) is 8.02. The van der Waals surface area contributed by atoms with E-state index in [1.807, 2.05) is 6.07 Å². The van der Waals surface area contributed by atoms with Crippen molar-refractivity contribution >= 4 is 18.0 Å². The minimum Gasteiger partial charge on any atom is -0.484 e. The largest absolute Gasteiger partial charge is 0.484 e. The zero-order chi connectivity index (χ0) is 19.9. The first kappa shape index (κ1) is 18.6. The molecule has 1 heterocycles. The molecule has 1 amide bonds. The van der Waals surface area contributed by atoms with Gasteiger partial charge in [-0.05, 0) is 54.1 Å². The van der Waals surface area contributed by atoms with Gasteiger partial charge in [-0.1, -0.05) is 0 Å². The second kappa shape index (κ2) is 8.46. The maximum atomic E-state index is 13.0. The highest BCUT2D eigenvalue weighted by Crippen LogP contribution is 2.25. The van der Waals surface area contributed by atoms with Crippen molar-refractivity contribution < 1.29 is 18.3 Å². The van der Waals surface area contributed by atoms with E-state index in [0.29, 0.717) is 11.3 Å². The number of carbonyl (C=O) groups excluding carboxylic acids is 1. The van der Waals surface area contributed by atoms with Gasteiger partial charge < -0.3 is 14.9 Å². The molecule has 8 nitrogen and oxygen atoms in total. The smallest absolute Gasteiger partial charge is 0.255 e. The maximum absolute atomic E-state index is 13.0. The van der Waals surface area contributed by atoms with Gasteiger partial charge in [0.25, 0.3) is 11.8 Å². The Morgan fingerprint density at radius 3 is 2.64 bits per heavy atom. The van der Waals surface area contributed by atoms with Crippen LogP contribution < -0.4 is 15.9 Å². The van der Waals surface area contributed by atoms with Crippen LogP contribution in [0.3, 0.4) is 0 Å². The number of aromatic nitrogens is 1. The lowest BCUT2D eigenvalue weighted by molar-refractivity contribution is -0.119. The van der Waals surface area contributed by atoms with E-state index in [0.717, 1.165) is 5.56 Å². The molecule has 140 valence electrons. The van der Waals surface area contributed by atoms with Crippen molar-refractivity contribution in [1.29, 1.82) is 5.26 Å². The van der Waals surface area contributed by atoms with Gasteiger partial charge >= 0.3 is 0 Å². The van der Waals surface area contributed by atoms with Crippen molar-refractivity contribution in [3.63, 3.8) is 0 Å². The average molecular weight is 379 g/mol. The van der Waals surface area contributed by atoms with Crippen LogP contribution in [-0.2, 0) is 4.79 Å². The molecule has 0 bridgehead atoms. The van der Waals surface area contributed by atoms with Gasteiger partial charge in [-0.3, -0.25) is 4.79 Å².